The molecule has 1 aliphatic heterocycles. The normalized spacial score (nSPS) is 14.7. The van der Waals surface area contributed by atoms with E-state index < -0.39 is 0 Å². The molecular weight excluding hydrogens is 366 g/mol. The lowest BCUT2D eigenvalue weighted by Crippen LogP contribution is -2.50. The van der Waals surface area contributed by atoms with E-state index in [2.05, 4.69) is 10.2 Å². The van der Waals surface area contributed by atoms with Crippen molar-refractivity contribution in [3.05, 3.63) is 71.8 Å². The minimum Gasteiger partial charge on any atom is -0.497 e. The van der Waals surface area contributed by atoms with Gasteiger partial charge in [-0.15, -0.1) is 0 Å². The van der Waals surface area contributed by atoms with Crippen molar-refractivity contribution in [1.82, 2.24) is 15.1 Å². The van der Waals surface area contributed by atoms with Gasteiger partial charge in [0.15, 0.2) is 0 Å². The molecule has 6 heteroatoms. The maximum atomic E-state index is 12.4. The van der Waals surface area contributed by atoms with Gasteiger partial charge < -0.3 is 15.0 Å². The molecule has 0 radical (unpaired) electrons. The maximum Gasteiger partial charge on any atom is 0.246 e. The van der Waals surface area contributed by atoms with Gasteiger partial charge in [0, 0.05) is 38.8 Å². The molecule has 0 aliphatic carbocycles. The second kappa shape index (κ2) is 10.4. The molecular formula is C23H27N3O3. The van der Waals surface area contributed by atoms with Crippen LogP contribution in [-0.2, 0) is 16.1 Å². The van der Waals surface area contributed by atoms with Crippen LogP contribution in [0.15, 0.2) is 60.7 Å². The first kappa shape index (κ1) is 20.6. The number of methoxy groups -OCH3 is 1. The molecule has 1 aliphatic rings. The van der Waals surface area contributed by atoms with Crippen LogP contribution < -0.4 is 10.1 Å². The third-order valence-electron chi connectivity index (χ3n) is 4.90. The lowest BCUT2D eigenvalue weighted by molar-refractivity contribution is -0.128. The number of carbonyl (C=O) groups is 2. The molecule has 3 rings (SSSR count). The Morgan fingerprint density at radius 3 is 2.52 bits per heavy atom. The van der Waals surface area contributed by atoms with Crippen molar-refractivity contribution >= 4 is 17.9 Å². The van der Waals surface area contributed by atoms with Crippen molar-refractivity contribution in [3.63, 3.8) is 0 Å². The average molecular weight is 393 g/mol. The van der Waals surface area contributed by atoms with Crippen molar-refractivity contribution in [2.75, 3.05) is 39.8 Å². The Balaban J connectivity index is 1.40. The smallest absolute Gasteiger partial charge is 0.246 e. The zero-order chi connectivity index (χ0) is 20.5. The van der Waals surface area contributed by atoms with Gasteiger partial charge >= 0.3 is 0 Å². The molecule has 2 amide bonds. The molecule has 6 nitrogen and oxygen atoms in total. The highest BCUT2D eigenvalue weighted by molar-refractivity contribution is 5.92. The fraction of sp³-hybridized carbons (Fsp3) is 0.304. The van der Waals surface area contributed by atoms with Crippen LogP contribution >= 0.6 is 0 Å². The summed E-state index contributed by atoms with van der Waals surface area (Å²) in [6, 6.07) is 17.4. The first-order valence-corrected chi connectivity index (χ1v) is 9.78. The number of hydrogen-bond donors (Lipinski definition) is 1. The summed E-state index contributed by atoms with van der Waals surface area (Å²) in [6.45, 7) is 3.51. The fourth-order valence-corrected chi connectivity index (χ4v) is 3.20. The maximum absolute atomic E-state index is 12.4. The summed E-state index contributed by atoms with van der Waals surface area (Å²) < 4.78 is 5.20. The standard InChI is InChI=1S/C23H27N3O3/c1-29-21-9-5-8-19(16-21)10-11-23(28)26-14-12-25(13-15-26)18-22(27)24-17-20-6-3-2-4-7-20/h2-11,16H,12-15,17-18H2,1H3,(H,24,27)/b11-10+. The Hall–Kier alpha value is -3.12. The van der Waals surface area contributed by atoms with Crippen LogP contribution in [0.5, 0.6) is 5.75 Å². The number of ether oxygens (including phenoxy) is 1. The second-order valence-corrected chi connectivity index (χ2v) is 6.97. The number of rotatable bonds is 7. The Labute approximate surface area is 171 Å². The summed E-state index contributed by atoms with van der Waals surface area (Å²) in [5.74, 6) is 0.756. The summed E-state index contributed by atoms with van der Waals surface area (Å²) in [6.07, 6.45) is 3.39. The van der Waals surface area contributed by atoms with E-state index in [0.29, 0.717) is 39.3 Å². The number of nitrogens with zero attached hydrogens (tertiary/aromatic N) is 2. The van der Waals surface area contributed by atoms with Crippen molar-refractivity contribution in [3.8, 4) is 5.75 Å². The Kier molecular flexibility index (Phi) is 7.41. The molecule has 29 heavy (non-hydrogen) atoms. The van der Waals surface area contributed by atoms with Gasteiger partial charge in [0.25, 0.3) is 0 Å². The minimum absolute atomic E-state index is 0.00607. The fourth-order valence-electron chi connectivity index (χ4n) is 3.20. The number of amides is 2. The van der Waals surface area contributed by atoms with E-state index in [1.54, 1.807) is 19.3 Å². The zero-order valence-corrected chi connectivity index (χ0v) is 16.7. The van der Waals surface area contributed by atoms with Gasteiger partial charge in [0.2, 0.25) is 11.8 Å². The molecule has 2 aromatic carbocycles. The van der Waals surface area contributed by atoms with E-state index in [-0.39, 0.29) is 11.8 Å². The van der Waals surface area contributed by atoms with E-state index in [1.165, 1.54) is 0 Å². The Morgan fingerprint density at radius 1 is 1.03 bits per heavy atom. The Bertz CT molecular complexity index is 843. The summed E-state index contributed by atoms with van der Waals surface area (Å²) in [5, 5.41) is 2.95. The molecule has 1 heterocycles. The number of benzene rings is 2. The van der Waals surface area contributed by atoms with Crippen LogP contribution in [0, 0.1) is 0 Å². The molecule has 0 saturated carbocycles. The van der Waals surface area contributed by atoms with Crippen LogP contribution in [0.25, 0.3) is 6.08 Å². The Morgan fingerprint density at radius 2 is 1.79 bits per heavy atom. The molecule has 1 fully saturated rings. The van der Waals surface area contributed by atoms with E-state index in [0.717, 1.165) is 16.9 Å². The van der Waals surface area contributed by atoms with Crippen molar-refractivity contribution in [2.24, 2.45) is 0 Å². The minimum atomic E-state index is -0.0130. The molecule has 152 valence electrons. The molecule has 0 spiro atoms. The first-order chi connectivity index (χ1) is 14.1. The molecule has 0 bridgehead atoms. The quantitative estimate of drug-likeness (QED) is 0.733. The van der Waals surface area contributed by atoms with Gasteiger partial charge in [-0.2, -0.15) is 0 Å². The van der Waals surface area contributed by atoms with Crippen LogP contribution in [0.2, 0.25) is 0 Å². The molecule has 0 aromatic heterocycles. The van der Waals surface area contributed by atoms with Crippen LogP contribution in [0.3, 0.4) is 0 Å². The van der Waals surface area contributed by atoms with Crippen LogP contribution in [-0.4, -0.2) is 61.4 Å². The molecule has 1 saturated heterocycles. The number of piperazine rings is 1. The number of hydrogen-bond acceptors (Lipinski definition) is 4. The van der Waals surface area contributed by atoms with Crippen LogP contribution in [0.1, 0.15) is 11.1 Å². The lowest BCUT2D eigenvalue weighted by Gasteiger charge is -2.33. The van der Waals surface area contributed by atoms with Crippen molar-refractivity contribution in [2.45, 2.75) is 6.54 Å². The summed E-state index contributed by atoms with van der Waals surface area (Å²) >= 11 is 0. The molecule has 1 N–H and O–H groups in total. The van der Waals surface area contributed by atoms with Crippen LogP contribution in [0.4, 0.5) is 0 Å². The zero-order valence-electron chi connectivity index (χ0n) is 16.7. The predicted molar refractivity (Wildman–Crippen MR) is 113 cm³/mol. The van der Waals surface area contributed by atoms with Crippen molar-refractivity contribution < 1.29 is 14.3 Å². The third-order valence-corrected chi connectivity index (χ3v) is 4.90. The predicted octanol–water partition coefficient (Wildman–Crippen LogP) is 2.17. The van der Waals surface area contributed by atoms with E-state index in [1.807, 2.05) is 59.5 Å². The van der Waals surface area contributed by atoms with Crippen molar-refractivity contribution in [1.29, 1.82) is 0 Å². The van der Waals surface area contributed by atoms with E-state index in [4.69, 9.17) is 4.74 Å². The molecule has 0 unspecified atom stereocenters. The summed E-state index contributed by atoms with van der Waals surface area (Å²) in [7, 11) is 1.62. The number of carbonyl (C=O) groups excluding carboxylic acids is 2. The molecule has 2 aromatic rings. The third kappa shape index (κ3) is 6.47. The SMILES string of the molecule is COc1cccc(/C=C/C(=O)N2CCN(CC(=O)NCc3ccccc3)CC2)c1. The van der Waals surface area contributed by atoms with Gasteiger partial charge in [-0.1, -0.05) is 42.5 Å². The number of nitrogens with one attached hydrogen (secondary N) is 1. The topological polar surface area (TPSA) is 61.9 Å². The highest BCUT2D eigenvalue weighted by atomic mass is 16.5. The van der Waals surface area contributed by atoms with Gasteiger partial charge in [0.05, 0.1) is 13.7 Å². The molecule has 0 atom stereocenters. The van der Waals surface area contributed by atoms with Gasteiger partial charge in [-0.25, -0.2) is 0 Å². The average Bonchev–Trinajstić information content (AvgIpc) is 2.77. The monoisotopic (exact) mass is 393 g/mol. The van der Waals surface area contributed by atoms with E-state index >= 15 is 0 Å². The first-order valence-electron chi connectivity index (χ1n) is 9.78. The van der Waals surface area contributed by atoms with E-state index in [9.17, 15) is 9.59 Å². The lowest BCUT2D eigenvalue weighted by atomic mass is 10.2. The van der Waals surface area contributed by atoms with Gasteiger partial charge in [-0.05, 0) is 29.3 Å². The second-order valence-electron chi connectivity index (χ2n) is 6.97. The highest BCUT2D eigenvalue weighted by Crippen LogP contribution is 2.14. The van der Waals surface area contributed by atoms with Gasteiger partial charge in [0.1, 0.15) is 5.75 Å². The highest BCUT2D eigenvalue weighted by Gasteiger charge is 2.21. The largest absolute Gasteiger partial charge is 0.497 e. The summed E-state index contributed by atoms with van der Waals surface area (Å²) in [4.78, 5) is 28.5. The van der Waals surface area contributed by atoms with Gasteiger partial charge in [-0.3, -0.25) is 14.5 Å². The summed E-state index contributed by atoms with van der Waals surface area (Å²) in [5.41, 5.74) is 2.01.